The van der Waals surface area contributed by atoms with Gasteiger partial charge in [-0.05, 0) is 86.8 Å². The molecule has 0 amide bonds. The second-order valence-corrected chi connectivity index (χ2v) is 13.7. The molecule has 1 aromatic heterocycles. The van der Waals surface area contributed by atoms with Gasteiger partial charge in [-0.15, -0.1) is 0 Å². The van der Waals surface area contributed by atoms with Crippen LogP contribution in [0.1, 0.15) is 0 Å². The summed E-state index contributed by atoms with van der Waals surface area (Å²) >= 11 is 0. The molecule has 10 aromatic rings. The number of hydrogen-bond acceptors (Lipinski definition) is 2. The van der Waals surface area contributed by atoms with E-state index < -0.39 is 0 Å². The van der Waals surface area contributed by atoms with Crippen LogP contribution in [-0.4, -0.2) is 0 Å². The van der Waals surface area contributed by atoms with Gasteiger partial charge in [-0.3, -0.25) is 0 Å². The normalized spacial score (nSPS) is 11.3. The van der Waals surface area contributed by atoms with Gasteiger partial charge in [0.1, 0.15) is 11.2 Å². The first kappa shape index (κ1) is 31.6. The van der Waals surface area contributed by atoms with Crippen LogP contribution in [0.25, 0.3) is 77.2 Å². The summed E-state index contributed by atoms with van der Waals surface area (Å²) in [5, 5.41) is 4.59. The van der Waals surface area contributed by atoms with Crippen molar-refractivity contribution in [2.75, 3.05) is 4.90 Å². The summed E-state index contributed by atoms with van der Waals surface area (Å²) in [7, 11) is 0. The molecular weight excluding hydrogens is 655 g/mol. The smallest absolute Gasteiger partial charge is 0.143 e. The topological polar surface area (TPSA) is 16.4 Å². The Morgan fingerprint density at radius 3 is 1.59 bits per heavy atom. The quantitative estimate of drug-likeness (QED) is 0.166. The Labute approximate surface area is 314 Å². The lowest BCUT2D eigenvalue weighted by atomic mass is 9.93. The lowest BCUT2D eigenvalue weighted by Crippen LogP contribution is -2.11. The molecule has 0 fully saturated rings. The highest BCUT2D eigenvalue weighted by molar-refractivity contribution is 6.19. The van der Waals surface area contributed by atoms with E-state index in [1.165, 1.54) is 33.2 Å². The number of anilines is 3. The van der Waals surface area contributed by atoms with Crippen molar-refractivity contribution in [3.8, 4) is 44.5 Å². The van der Waals surface area contributed by atoms with Crippen molar-refractivity contribution in [3.63, 3.8) is 0 Å². The third kappa shape index (κ3) is 5.53. The molecule has 0 saturated heterocycles. The highest BCUT2D eigenvalue weighted by atomic mass is 16.3. The standard InChI is InChI=1S/C52H35NO/c1-3-14-36(15-4-1)37-26-31-41(32-27-37)53(49-24-12-11-22-47(49)46-21-10-9-19-43(46)38-16-5-2-6-17-38)42-33-28-40(29-34-42)44-23-13-25-50-51(44)48-35-30-39-18-7-8-20-45(39)52(48)54-50/h1-35H. The minimum atomic E-state index is 0.897. The molecule has 0 aliphatic heterocycles. The van der Waals surface area contributed by atoms with E-state index in [0.717, 1.165) is 61.1 Å². The van der Waals surface area contributed by atoms with Gasteiger partial charge in [0, 0.05) is 33.1 Å². The van der Waals surface area contributed by atoms with Gasteiger partial charge in [-0.1, -0.05) is 170 Å². The number of nitrogens with zero attached hydrogens (tertiary/aromatic N) is 1. The lowest BCUT2D eigenvalue weighted by molar-refractivity contribution is 0.673. The third-order valence-corrected chi connectivity index (χ3v) is 10.5. The average Bonchev–Trinajstić information content (AvgIpc) is 3.65. The summed E-state index contributed by atoms with van der Waals surface area (Å²) < 4.78 is 6.54. The molecule has 0 unspecified atom stereocenters. The van der Waals surface area contributed by atoms with E-state index in [1.807, 2.05) is 0 Å². The maximum absolute atomic E-state index is 6.54. The van der Waals surface area contributed by atoms with E-state index in [0.29, 0.717) is 0 Å². The van der Waals surface area contributed by atoms with Crippen LogP contribution < -0.4 is 4.90 Å². The number of benzene rings is 9. The van der Waals surface area contributed by atoms with Gasteiger partial charge in [0.05, 0.1) is 5.69 Å². The van der Waals surface area contributed by atoms with Crippen molar-refractivity contribution in [1.82, 2.24) is 0 Å². The van der Waals surface area contributed by atoms with E-state index in [9.17, 15) is 0 Å². The Morgan fingerprint density at radius 1 is 0.315 bits per heavy atom. The molecule has 0 saturated carbocycles. The number of para-hydroxylation sites is 1. The largest absolute Gasteiger partial charge is 0.455 e. The second-order valence-electron chi connectivity index (χ2n) is 13.7. The first-order valence-electron chi connectivity index (χ1n) is 18.4. The molecule has 0 N–H and O–H groups in total. The second kappa shape index (κ2) is 13.4. The number of fused-ring (bicyclic) bond motifs is 5. The van der Waals surface area contributed by atoms with Gasteiger partial charge in [0.2, 0.25) is 0 Å². The minimum Gasteiger partial charge on any atom is -0.455 e. The Balaban J connectivity index is 1.12. The van der Waals surface area contributed by atoms with Crippen LogP contribution in [0.3, 0.4) is 0 Å². The molecule has 0 spiro atoms. The summed E-state index contributed by atoms with van der Waals surface area (Å²) in [5.74, 6) is 0. The molecule has 254 valence electrons. The van der Waals surface area contributed by atoms with Gasteiger partial charge in [-0.2, -0.15) is 0 Å². The maximum Gasteiger partial charge on any atom is 0.143 e. The van der Waals surface area contributed by atoms with Crippen molar-refractivity contribution in [2.45, 2.75) is 0 Å². The Hall–Kier alpha value is -7.16. The molecule has 2 nitrogen and oxygen atoms in total. The Kier molecular flexibility index (Phi) is 7.85. The van der Waals surface area contributed by atoms with E-state index in [-0.39, 0.29) is 0 Å². The van der Waals surface area contributed by atoms with Crippen LogP contribution in [0.15, 0.2) is 217 Å². The molecular formula is C52H35NO. The molecule has 54 heavy (non-hydrogen) atoms. The predicted molar refractivity (Wildman–Crippen MR) is 228 cm³/mol. The molecule has 2 heteroatoms. The van der Waals surface area contributed by atoms with E-state index in [4.69, 9.17) is 4.42 Å². The van der Waals surface area contributed by atoms with Crippen LogP contribution in [0.5, 0.6) is 0 Å². The van der Waals surface area contributed by atoms with E-state index >= 15 is 0 Å². The van der Waals surface area contributed by atoms with Crippen LogP contribution >= 0.6 is 0 Å². The molecule has 0 atom stereocenters. The van der Waals surface area contributed by atoms with Crippen LogP contribution in [0, 0.1) is 0 Å². The predicted octanol–water partition coefficient (Wildman–Crippen LogP) is 14.9. The zero-order valence-corrected chi connectivity index (χ0v) is 29.6. The van der Waals surface area contributed by atoms with Gasteiger partial charge in [-0.25, -0.2) is 0 Å². The van der Waals surface area contributed by atoms with Crippen molar-refractivity contribution >= 4 is 49.8 Å². The fourth-order valence-corrected chi connectivity index (χ4v) is 7.93. The zero-order chi connectivity index (χ0) is 35.8. The van der Waals surface area contributed by atoms with Gasteiger partial charge in [0.15, 0.2) is 0 Å². The number of rotatable bonds is 7. The molecule has 0 aliphatic rings. The summed E-state index contributed by atoms with van der Waals surface area (Å²) in [6.07, 6.45) is 0. The summed E-state index contributed by atoms with van der Waals surface area (Å²) in [6, 6.07) is 75.8. The summed E-state index contributed by atoms with van der Waals surface area (Å²) in [6.45, 7) is 0. The van der Waals surface area contributed by atoms with Gasteiger partial charge >= 0.3 is 0 Å². The minimum absolute atomic E-state index is 0.897. The van der Waals surface area contributed by atoms with E-state index in [2.05, 4.69) is 217 Å². The number of hydrogen-bond donors (Lipinski definition) is 0. The monoisotopic (exact) mass is 689 g/mol. The summed E-state index contributed by atoms with van der Waals surface area (Å²) in [5.41, 5.74) is 14.5. The molecule has 9 aromatic carbocycles. The van der Waals surface area contributed by atoms with Gasteiger partial charge in [0.25, 0.3) is 0 Å². The van der Waals surface area contributed by atoms with Crippen LogP contribution in [0.4, 0.5) is 17.1 Å². The van der Waals surface area contributed by atoms with E-state index in [1.54, 1.807) is 0 Å². The maximum atomic E-state index is 6.54. The highest BCUT2D eigenvalue weighted by Gasteiger charge is 2.20. The molecule has 1 heterocycles. The van der Waals surface area contributed by atoms with Crippen molar-refractivity contribution < 1.29 is 4.42 Å². The Bertz CT molecular complexity index is 2910. The van der Waals surface area contributed by atoms with Crippen molar-refractivity contribution in [2.24, 2.45) is 0 Å². The fraction of sp³-hybridized carbons (Fsp3) is 0. The SMILES string of the molecule is c1ccc(-c2ccc(N(c3ccc(-c4cccc5oc6c7ccccc7ccc6c45)cc3)c3ccccc3-c3ccccc3-c3ccccc3)cc2)cc1. The Morgan fingerprint density at radius 2 is 0.852 bits per heavy atom. The summed E-state index contributed by atoms with van der Waals surface area (Å²) in [4.78, 5) is 2.38. The zero-order valence-electron chi connectivity index (χ0n) is 29.6. The lowest BCUT2D eigenvalue weighted by Gasteiger charge is -2.29. The molecule has 0 radical (unpaired) electrons. The van der Waals surface area contributed by atoms with Crippen LogP contribution in [0.2, 0.25) is 0 Å². The highest BCUT2D eigenvalue weighted by Crippen LogP contribution is 2.45. The number of furan rings is 1. The van der Waals surface area contributed by atoms with Crippen molar-refractivity contribution in [1.29, 1.82) is 0 Å². The third-order valence-electron chi connectivity index (χ3n) is 10.5. The first-order chi connectivity index (χ1) is 26.8. The molecule has 0 aliphatic carbocycles. The molecule has 10 rings (SSSR count). The fourth-order valence-electron chi connectivity index (χ4n) is 7.93. The average molecular weight is 690 g/mol. The van der Waals surface area contributed by atoms with Crippen LogP contribution in [-0.2, 0) is 0 Å². The first-order valence-corrected chi connectivity index (χ1v) is 18.4. The van der Waals surface area contributed by atoms with Gasteiger partial charge < -0.3 is 9.32 Å². The van der Waals surface area contributed by atoms with Crippen molar-refractivity contribution in [3.05, 3.63) is 212 Å². The molecule has 0 bridgehead atoms.